The average Bonchev–Trinajstić information content (AvgIpc) is 2.34. The van der Waals surface area contributed by atoms with Crippen LogP contribution in [0.25, 0.3) is 0 Å². The van der Waals surface area contributed by atoms with E-state index in [1.165, 1.54) is 18.7 Å². The van der Waals surface area contributed by atoms with Crippen molar-refractivity contribution in [3.05, 3.63) is 52.1 Å². The van der Waals surface area contributed by atoms with Crippen LogP contribution in [0.15, 0.2) is 46.5 Å². The Labute approximate surface area is 119 Å². The standard InChI is InChI=1S/C13H9Cl2NOS/c1-8(17)9-4-5-16-13(6-9)18-10-2-3-11(14)12(15)7-10/h2-7H,1H3. The highest BCUT2D eigenvalue weighted by Gasteiger charge is 2.05. The molecule has 0 saturated heterocycles. The molecule has 0 amide bonds. The third-order valence-corrected chi connectivity index (χ3v) is 3.92. The molecule has 0 aliphatic heterocycles. The van der Waals surface area contributed by atoms with Gasteiger partial charge in [0.25, 0.3) is 0 Å². The number of carbonyl (C=O) groups is 1. The van der Waals surface area contributed by atoms with E-state index >= 15 is 0 Å². The summed E-state index contributed by atoms with van der Waals surface area (Å²) in [5.41, 5.74) is 0.646. The molecule has 92 valence electrons. The van der Waals surface area contributed by atoms with Crippen molar-refractivity contribution in [1.82, 2.24) is 4.98 Å². The second-order valence-corrected chi connectivity index (χ2v) is 5.53. The number of aromatic nitrogens is 1. The first-order valence-corrected chi connectivity index (χ1v) is 6.73. The molecule has 2 nitrogen and oxygen atoms in total. The second-order valence-electron chi connectivity index (χ2n) is 3.62. The van der Waals surface area contributed by atoms with Gasteiger partial charge < -0.3 is 0 Å². The van der Waals surface area contributed by atoms with Crippen LogP contribution in [0.5, 0.6) is 0 Å². The Morgan fingerprint density at radius 1 is 1.17 bits per heavy atom. The highest BCUT2D eigenvalue weighted by molar-refractivity contribution is 7.99. The molecular weight excluding hydrogens is 289 g/mol. The summed E-state index contributed by atoms with van der Waals surface area (Å²) in [6.45, 7) is 1.53. The number of Topliss-reactive ketones (excluding diaryl/α,β-unsaturated/α-hetero) is 1. The fraction of sp³-hybridized carbons (Fsp3) is 0.0769. The molecule has 2 rings (SSSR count). The van der Waals surface area contributed by atoms with E-state index < -0.39 is 0 Å². The SMILES string of the molecule is CC(=O)c1ccnc(Sc2ccc(Cl)c(Cl)c2)c1. The molecular formula is C13H9Cl2NOS. The average molecular weight is 298 g/mol. The van der Waals surface area contributed by atoms with Crippen LogP contribution in [0.4, 0.5) is 0 Å². The smallest absolute Gasteiger partial charge is 0.159 e. The lowest BCUT2D eigenvalue weighted by Gasteiger charge is -2.03. The minimum absolute atomic E-state index is 0.0217. The van der Waals surface area contributed by atoms with E-state index in [-0.39, 0.29) is 5.78 Å². The summed E-state index contributed by atoms with van der Waals surface area (Å²) in [6.07, 6.45) is 1.62. The molecule has 0 bridgehead atoms. The monoisotopic (exact) mass is 297 g/mol. The van der Waals surface area contributed by atoms with Crippen molar-refractivity contribution < 1.29 is 4.79 Å². The predicted molar refractivity (Wildman–Crippen MR) is 74.8 cm³/mol. The Morgan fingerprint density at radius 2 is 1.94 bits per heavy atom. The summed E-state index contributed by atoms with van der Waals surface area (Å²) >= 11 is 13.2. The van der Waals surface area contributed by atoms with Gasteiger partial charge in [0.2, 0.25) is 0 Å². The van der Waals surface area contributed by atoms with Crippen molar-refractivity contribution >= 4 is 40.7 Å². The van der Waals surface area contributed by atoms with E-state index in [2.05, 4.69) is 4.98 Å². The van der Waals surface area contributed by atoms with Gasteiger partial charge in [0.15, 0.2) is 5.78 Å². The van der Waals surface area contributed by atoms with Crippen LogP contribution < -0.4 is 0 Å². The number of carbonyl (C=O) groups excluding carboxylic acids is 1. The molecule has 0 atom stereocenters. The Balaban J connectivity index is 2.25. The Hall–Kier alpha value is -1.03. The molecule has 0 aliphatic rings. The number of nitrogens with zero attached hydrogens (tertiary/aromatic N) is 1. The first-order valence-electron chi connectivity index (χ1n) is 5.16. The van der Waals surface area contributed by atoms with Gasteiger partial charge >= 0.3 is 0 Å². The van der Waals surface area contributed by atoms with E-state index in [0.29, 0.717) is 15.6 Å². The summed E-state index contributed by atoms with van der Waals surface area (Å²) in [5, 5.41) is 1.77. The van der Waals surface area contributed by atoms with Gasteiger partial charge in [0.05, 0.1) is 10.0 Å². The van der Waals surface area contributed by atoms with Gasteiger partial charge in [-0.05, 0) is 37.3 Å². The van der Waals surface area contributed by atoms with Crippen molar-refractivity contribution in [3.63, 3.8) is 0 Å². The molecule has 18 heavy (non-hydrogen) atoms. The van der Waals surface area contributed by atoms with Gasteiger partial charge in [-0.15, -0.1) is 0 Å². The largest absolute Gasteiger partial charge is 0.295 e. The number of hydrogen-bond acceptors (Lipinski definition) is 3. The number of benzene rings is 1. The molecule has 2 aromatic rings. The molecule has 5 heteroatoms. The minimum atomic E-state index is 0.0217. The summed E-state index contributed by atoms with van der Waals surface area (Å²) < 4.78 is 0. The topological polar surface area (TPSA) is 30.0 Å². The second kappa shape index (κ2) is 5.74. The number of hydrogen-bond donors (Lipinski definition) is 0. The highest BCUT2D eigenvalue weighted by Crippen LogP contribution is 2.31. The van der Waals surface area contributed by atoms with Crippen LogP contribution in [0.1, 0.15) is 17.3 Å². The van der Waals surface area contributed by atoms with E-state index in [1.807, 2.05) is 6.07 Å². The maximum absolute atomic E-state index is 11.3. The molecule has 0 unspecified atom stereocenters. The molecule has 0 spiro atoms. The van der Waals surface area contributed by atoms with Crippen molar-refractivity contribution in [2.24, 2.45) is 0 Å². The van der Waals surface area contributed by atoms with E-state index in [4.69, 9.17) is 23.2 Å². The normalized spacial score (nSPS) is 10.4. The summed E-state index contributed by atoms with van der Waals surface area (Å²) in [7, 11) is 0. The van der Waals surface area contributed by atoms with E-state index in [9.17, 15) is 4.79 Å². The van der Waals surface area contributed by atoms with E-state index in [0.717, 1.165) is 9.92 Å². The number of ketones is 1. The first-order chi connectivity index (χ1) is 8.56. The Bertz CT molecular complexity index is 601. The molecule has 0 saturated carbocycles. The zero-order valence-corrected chi connectivity index (χ0v) is 11.8. The fourth-order valence-electron chi connectivity index (χ4n) is 1.35. The van der Waals surface area contributed by atoms with Crippen LogP contribution in [0.2, 0.25) is 10.0 Å². The maximum Gasteiger partial charge on any atom is 0.159 e. The fourth-order valence-corrected chi connectivity index (χ4v) is 2.56. The quantitative estimate of drug-likeness (QED) is 0.766. The molecule has 0 fully saturated rings. The lowest BCUT2D eigenvalue weighted by Crippen LogP contribution is -1.92. The molecule has 0 aliphatic carbocycles. The van der Waals surface area contributed by atoms with Gasteiger partial charge in [-0.25, -0.2) is 4.98 Å². The Kier molecular flexibility index (Phi) is 4.27. The van der Waals surface area contributed by atoms with Gasteiger partial charge in [-0.3, -0.25) is 4.79 Å². The Morgan fingerprint density at radius 3 is 2.61 bits per heavy atom. The lowest BCUT2D eigenvalue weighted by atomic mass is 10.2. The molecule has 1 heterocycles. The number of halogens is 2. The first kappa shape index (κ1) is 13.4. The van der Waals surface area contributed by atoms with E-state index in [1.54, 1.807) is 30.5 Å². The van der Waals surface area contributed by atoms with Gasteiger partial charge in [0, 0.05) is 16.7 Å². The third kappa shape index (κ3) is 3.25. The highest BCUT2D eigenvalue weighted by atomic mass is 35.5. The van der Waals surface area contributed by atoms with Crippen molar-refractivity contribution in [1.29, 1.82) is 0 Å². The zero-order chi connectivity index (χ0) is 13.1. The molecule has 1 aromatic carbocycles. The third-order valence-electron chi connectivity index (χ3n) is 2.25. The van der Waals surface area contributed by atoms with Crippen LogP contribution >= 0.6 is 35.0 Å². The van der Waals surface area contributed by atoms with Gasteiger partial charge in [-0.2, -0.15) is 0 Å². The van der Waals surface area contributed by atoms with Gasteiger partial charge in [0.1, 0.15) is 5.03 Å². The van der Waals surface area contributed by atoms with Crippen LogP contribution in [-0.4, -0.2) is 10.8 Å². The summed E-state index contributed by atoms with van der Waals surface area (Å²) in [5.74, 6) is 0.0217. The lowest BCUT2D eigenvalue weighted by molar-refractivity contribution is 0.101. The van der Waals surface area contributed by atoms with Crippen molar-refractivity contribution in [2.45, 2.75) is 16.8 Å². The summed E-state index contributed by atoms with van der Waals surface area (Å²) in [6, 6.07) is 8.83. The molecule has 0 radical (unpaired) electrons. The predicted octanol–water partition coefficient (Wildman–Crippen LogP) is 4.74. The van der Waals surface area contributed by atoms with Crippen LogP contribution in [0, 0.1) is 0 Å². The van der Waals surface area contributed by atoms with Crippen LogP contribution in [-0.2, 0) is 0 Å². The molecule has 1 aromatic heterocycles. The van der Waals surface area contributed by atoms with Crippen LogP contribution in [0.3, 0.4) is 0 Å². The molecule has 0 N–H and O–H groups in total. The number of rotatable bonds is 3. The zero-order valence-electron chi connectivity index (χ0n) is 9.48. The van der Waals surface area contributed by atoms with Crippen molar-refractivity contribution in [3.8, 4) is 0 Å². The summed E-state index contributed by atoms with van der Waals surface area (Å²) in [4.78, 5) is 16.4. The maximum atomic E-state index is 11.3. The number of pyridine rings is 1. The van der Waals surface area contributed by atoms with Gasteiger partial charge in [-0.1, -0.05) is 35.0 Å². The minimum Gasteiger partial charge on any atom is -0.295 e. The van der Waals surface area contributed by atoms with Crippen molar-refractivity contribution in [2.75, 3.05) is 0 Å².